The molecule has 9 heteroatoms. The molecule has 0 aromatic heterocycles. The van der Waals surface area contributed by atoms with E-state index in [1.54, 1.807) is 0 Å². The number of fused-ring (bicyclic) bond motifs is 7. The highest BCUT2D eigenvalue weighted by Gasteiger charge is 2.43. The molecule has 0 spiro atoms. The molecule has 10 aromatic rings. The molecule has 2 atom stereocenters. The van der Waals surface area contributed by atoms with Crippen LogP contribution in [-0.2, 0) is 13.4 Å². The summed E-state index contributed by atoms with van der Waals surface area (Å²) >= 11 is 0. The van der Waals surface area contributed by atoms with E-state index in [9.17, 15) is 18.9 Å². The molecule has 1 aliphatic rings. The highest BCUT2D eigenvalue weighted by Crippen LogP contribution is 2.66. The molecule has 7 nitrogen and oxygen atoms in total. The van der Waals surface area contributed by atoms with Gasteiger partial charge >= 0.3 is 15.6 Å². The van der Waals surface area contributed by atoms with E-state index in [1.807, 2.05) is 206 Å². The van der Waals surface area contributed by atoms with Crippen LogP contribution in [-0.4, -0.2) is 9.79 Å². The van der Waals surface area contributed by atoms with Crippen molar-refractivity contribution < 1.29 is 32.3 Å². The van der Waals surface area contributed by atoms with Gasteiger partial charge < -0.3 is 9.05 Å². The average Bonchev–Trinajstić information content (AvgIpc) is 3.37. The van der Waals surface area contributed by atoms with Gasteiger partial charge in [0.15, 0.2) is 0 Å². The molecule has 0 saturated heterocycles. The minimum absolute atomic E-state index is 0.0178. The average molecular weight is 885 g/mol. The van der Waals surface area contributed by atoms with Crippen LogP contribution in [0.4, 0.5) is 0 Å². The van der Waals surface area contributed by atoms with E-state index in [1.165, 1.54) is 0 Å². The van der Waals surface area contributed by atoms with Crippen molar-refractivity contribution in [3.63, 3.8) is 0 Å². The molecule has 10 aromatic carbocycles. The maximum Gasteiger partial charge on any atom is 0.537 e. The highest BCUT2D eigenvalue weighted by molar-refractivity contribution is 7.61. The quantitative estimate of drug-likeness (QED) is 0.160. The Hall–Kier alpha value is -7.34. The van der Waals surface area contributed by atoms with Gasteiger partial charge in [-0.1, -0.05) is 170 Å². The number of hydrogen-bond acceptors (Lipinski definition) is 5. The molecule has 0 radical (unpaired) electrons. The van der Waals surface area contributed by atoms with Crippen molar-refractivity contribution in [2.45, 2.75) is 0 Å². The fraction of sp³-hybridized carbons (Fsp3) is 0. The van der Waals surface area contributed by atoms with Crippen molar-refractivity contribution in [1.82, 2.24) is 0 Å². The Balaban J connectivity index is 1.28. The number of phosphoric acid groups is 2. The van der Waals surface area contributed by atoms with Crippen molar-refractivity contribution >= 4 is 37.2 Å². The van der Waals surface area contributed by atoms with E-state index in [0.717, 1.165) is 55.3 Å². The zero-order valence-corrected chi connectivity index (χ0v) is 36.4. The fourth-order valence-corrected chi connectivity index (χ4v) is 11.1. The van der Waals surface area contributed by atoms with Crippen molar-refractivity contribution in [2.75, 3.05) is 0 Å². The van der Waals surface area contributed by atoms with Crippen molar-refractivity contribution in [2.24, 2.45) is 0 Å². The van der Waals surface area contributed by atoms with Crippen LogP contribution in [0.3, 0.4) is 0 Å². The summed E-state index contributed by atoms with van der Waals surface area (Å²) in [7, 11) is -10.8. The summed E-state index contributed by atoms with van der Waals surface area (Å²) in [6.45, 7) is 0. The first-order chi connectivity index (χ1) is 31.7. The minimum atomic E-state index is -5.41. The molecular weight excluding hydrogens is 847 g/mol. The summed E-state index contributed by atoms with van der Waals surface area (Å²) in [6, 6.07) is 71.5. The van der Waals surface area contributed by atoms with Crippen LogP contribution >= 0.6 is 15.6 Å². The third-order valence-corrected chi connectivity index (χ3v) is 14.3. The molecule has 314 valence electrons. The van der Waals surface area contributed by atoms with Crippen LogP contribution in [0.1, 0.15) is 0 Å². The second-order valence-corrected chi connectivity index (χ2v) is 18.9. The zero-order valence-electron chi connectivity index (χ0n) is 34.6. The van der Waals surface area contributed by atoms with Gasteiger partial charge in [-0.3, -0.25) is 9.79 Å². The molecule has 0 saturated carbocycles. The van der Waals surface area contributed by atoms with Gasteiger partial charge in [0.05, 0.1) is 0 Å². The summed E-state index contributed by atoms with van der Waals surface area (Å²) in [5.41, 5.74) is 10.5. The highest BCUT2D eigenvalue weighted by atomic mass is 31.3. The lowest BCUT2D eigenvalue weighted by atomic mass is 9.85. The van der Waals surface area contributed by atoms with Crippen molar-refractivity contribution in [3.8, 4) is 89.4 Å². The smallest absolute Gasteiger partial charge is 0.402 e. The van der Waals surface area contributed by atoms with Crippen LogP contribution < -0.4 is 9.05 Å². The largest absolute Gasteiger partial charge is 0.537 e. The van der Waals surface area contributed by atoms with Gasteiger partial charge in [0.2, 0.25) is 0 Å². The molecule has 2 unspecified atom stereocenters. The summed E-state index contributed by atoms with van der Waals surface area (Å²) in [5.74, 6) is -0.0355. The van der Waals surface area contributed by atoms with Crippen LogP contribution in [0.15, 0.2) is 218 Å². The Kier molecular flexibility index (Phi) is 10.2. The van der Waals surface area contributed by atoms with Crippen LogP contribution in [0.25, 0.3) is 99.4 Å². The fourth-order valence-electron chi connectivity index (χ4n) is 8.92. The molecule has 65 heavy (non-hydrogen) atoms. The van der Waals surface area contributed by atoms with E-state index in [4.69, 9.17) is 13.4 Å². The Morgan fingerprint density at radius 3 is 0.908 bits per heavy atom. The van der Waals surface area contributed by atoms with Gasteiger partial charge in [0.1, 0.15) is 11.5 Å². The lowest BCUT2D eigenvalue weighted by Crippen LogP contribution is -2.01. The number of hydrogen-bond donors (Lipinski definition) is 2. The lowest BCUT2D eigenvalue weighted by molar-refractivity contribution is 0.236. The van der Waals surface area contributed by atoms with Crippen molar-refractivity contribution in [1.29, 1.82) is 0 Å². The monoisotopic (exact) mass is 884 g/mol. The van der Waals surface area contributed by atoms with E-state index < -0.39 is 15.6 Å². The Morgan fingerprint density at radius 1 is 0.308 bits per heavy atom. The molecule has 1 heterocycles. The number of rotatable bonds is 6. The number of phosphoric ester groups is 2. The predicted octanol–water partition coefficient (Wildman–Crippen LogP) is 15.7. The van der Waals surface area contributed by atoms with E-state index in [-0.39, 0.29) is 11.5 Å². The summed E-state index contributed by atoms with van der Waals surface area (Å²) < 4.78 is 46.2. The first-order valence-electron chi connectivity index (χ1n) is 21.1. The van der Waals surface area contributed by atoms with E-state index >= 15 is 0 Å². The standard InChI is InChI=1S/C56H38O7P2/c57-64(58)61-55-51(47-31-43(37-17-5-1-6-18-37)29-44(32-47)38-19-7-2-8-20-38)35-41-25-13-15-27-49(41)53(55)54-50-28-16-14-26-42(50)36-52(56(54)62-65(59,60)63-64)48-33-45(39-21-9-3-10-22-39)30-46(34-48)40-23-11-4-12-24-40/h1-36H,(H,57,58)(H,59,60). The second-order valence-electron chi connectivity index (χ2n) is 16.0. The normalized spacial score (nSPS) is 16.9. The maximum absolute atomic E-state index is 14.3. The summed E-state index contributed by atoms with van der Waals surface area (Å²) in [5, 5.41) is 2.88. The van der Waals surface area contributed by atoms with E-state index in [2.05, 4.69) is 12.1 Å². The zero-order chi connectivity index (χ0) is 44.1. The second kappa shape index (κ2) is 16.3. The molecule has 0 fully saturated rings. The van der Waals surface area contributed by atoms with Gasteiger partial charge in [-0.2, -0.15) is 4.31 Å². The van der Waals surface area contributed by atoms with Gasteiger partial charge in [-0.05, 0) is 126 Å². The molecule has 1 aliphatic heterocycles. The third kappa shape index (κ3) is 7.87. The predicted molar refractivity (Wildman–Crippen MR) is 261 cm³/mol. The Bertz CT molecular complexity index is 3190. The Labute approximate surface area is 375 Å². The van der Waals surface area contributed by atoms with Crippen molar-refractivity contribution in [3.05, 3.63) is 218 Å². The van der Waals surface area contributed by atoms with Crippen LogP contribution in [0.5, 0.6) is 11.5 Å². The van der Waals surface area contributed by atoms with Gasteiger partial charge in [0.25, 0.3) is 0 Å². The molecule has 0 aliphatic carbocycles. The molecular formula is C56H38O7P2. The molecule has 11 rings (SSSR count). The first kappa shape index (κ1) is 40.4. The van der Waals surface area contributed by atoms with Crippen LogP contribution in [0, 0.1) is 0 Å². The lowest BCUT2D eigenvalue weighted by Gasteiger charge is -2.23. The summed E-state index contributed by atoms with van der Waals surface area (Å²) in [6.07, 6.45) is 0. The molecule has 0 bridgehead atoms. The first-order valence-corrected chi connectivity index (χ1v) is 24.1. The van der Waals surface area contributed by atoms with E-state index in [0.29, 0.717) is 44.2 Å². The molecule has 2 N–H and O–H groups in total. The maximum atomic E-state index is 14.3. The SMILES string of the molecule is O=P1(O)Oc2c(-c3cc(-c4ccccc4)cc(-c4ccccc4)c3)cc3ccccc3c2-c2c(c(-c3cc(-c4ccccc4)cc(-c4ccccc4)c3)cc3ccccc23)OP(=O)(O)O1. The third-order valence-electron chi connectivity index (χ3n) is 11.8. The summed E-state index contributed by atoms with van der Waals surface area (Å²) in [4.78, 5) is 23.2. The Morgan fingerprint density at radius 2 is 0.585 bits per heavy atom. The van der Waals surface area contributed by atoms with Gasteiger partial charge in [0, 0.05) is 22.3 Å². The molecule has 0 amide bonds. The number of benzene rings is 10. The van der Waals surface area contributed by atoms with Gasteiger partial charge in [-0.25, -0.2) is 9.13 Å². The van der Waals surface area contributed by atoms with Gasteiger partial charge in [-0.15, -0.1) is 0 Å². The topological polar surface area (TPSA) is 102 Å². The minimum Gasteiger partial charge on any atom is -0.402 e. The van der Waals surface area contributed by atoms with Crippen LogP contribution in [0.2, 0.25) is 0 Å².